The van der Waals surface area contributed by atoms with Gasteiger partial charge in [0.15, 0.2) is 11.2 Å². The maximum absolute atomic E-state index is 12.4. The van der Waals surface area contributed by atoms with E-state index in [1.807, 2.05) is 20.8 Å². The quantitative estimate of drug-likeness (QED) is 0.807. The molecule has 1 aromatic heterocycles. The van der Waals surface area contributed by atoms with Crippen molar-refractivity contribution in [3.05, 3.63) is 12.2 Å². The smallest absolute Gasteiger partial charge is 0.250 e. The van der Waals surface area contributed by atoms with Gasteiger partial charge >= 0.3 is 6.18 Å². The lowest BCUT2D eigenvalue weighted by atomic mass is 9.86. The molecular formula is C14H18F3N5. The van der Waals surface area contributed by atoms with Gasteiger partial charge in [-0.25, -0.2) is 9.67 Å². The fraction of sp³-hybridized carbons (Fsp3) is 0.714. The van der Waals surface area contributed by atoms with Crippen molar-refractivity contribution in [3.8, 4) is 12.1 Å². The van der Waals surface area contributed by atoms with Crippen LogP contribution in [0.2, 0.25) is 0 Å². The monoisotopic (exact) mass is 313 g/mol. The van der Waals surface area contributed by atoms with E-state index >= 15 is 0 Å². The zero-order valence-corrected chi connectivity index (χ0v) is 12.8. The number of halogens is 3. The lowest BCUT2D eigenvalue weighted by Crippen LogP contribution is -2.27. The van der Waals surface area contributed by atoms with E-state index in [1.165, 1.54) is 11.0 Å². The molecule has 0 amide bonds. The van der Waals surface area contributed by atoms with Gasteiger partial charge in [-0.3, -0.25) is 0 Å². The van der Waals surface area contributed by atoms with Crippen LogP contribution >= 0.6 is 0 Å². The second-order valence-electron chi connectivity index (χ2n) is 5.92. The Labute approximate surface area is 127 Å². The number of alkyl halides is 3. The number of aromatic nitrogens is 3. The molecule has 0 unspecified atom stereocenters. The maximum atomic E-state index is 12.4. The van der Waals surface area contributed by atoms with E-state index in [2.05, 4.69) is 10.1 Å². The average Bonchev–Trinajstić information content (AvgIpc) is 2.92. The van der Waals surface area contributed by atoms with Crippen molar-refractivity contribution in [1.82, 2.24) is 14.8 Å². The van der Waals surface area contributed by atoms with E-state index in [4.69, 9.17) is 10.5 Å². The molecule has 1 heterocycles. The molecule has 0 saturated heterocycles. The van der Waals surface area contributed by atoms with Gasteiger partial charge in [-0.1, -0.05) is 20.8 Å². The molecular weight excluding hydrogens is 295 g/mol. The van der Waals surface area contributed by atoms with Crippen LogP contribution in [0.3, 0.4) is 0 Å². The molecule has 0 fully saturated rings. The van der Waals surface area contributed by atoms with Gasteiger partial charge in [0.05, 0.1) is 18.7 Å². The van der Waals surface area contributed by atoms with Crippen molar-refractivity contribution in [3.63, 3.8) is 0 Å². The fourth-order valence-corrected chi connectivity index (χ4v) is 1.76. The van der Waals surface area contributed by atoms with E-state index in [1.54, 1.807) is 12.1 Å². The first kappa shape index (κ1) is 18.0. The Bertz CT molecular complexity index is 575. The van der Waals surface area contributed by atoms with Gasteiger partial charge in [0, 0.05) is 11.8 Å². The number of hydrogen-bond acceptors (Lipinski definition) is 4. The highest BCUT2D eigenvalue weighted by molar-refractivity contribution is 5.13. The Morgan fingerprint density at radius 2 is 1.77 bits per heavy atom. The van der Waals surface area contributed by atoms with Crippen LogP contribution in [0.1, 0.15) is 45.9 Å². The van der Waals surface area contributed by atoms with Crippen molar-refractivity contribution in [2.24, 2.45) is 5.41 Å². The molecule has 0 N–H and O–H groups in total. The molecule has 1 aromatic rings. The van der Waals surface area contributed by atoms with Gasteiger partial charge < -0.3 is 0 Å². The lowest BCUT2D eigenvalue weighted by molar-refractivity contribution is -0.138. The Hall–Kier alpha value is -2.09. The van der Waals surface area contributed by atoms with Gasteiger partial charge in [-0.05, 0) is 12.8 Å². The Kier molecular flexibility index (Phi) is 5.18. The van der Waals surface area contributed by atoms with Crippen LogP contribution in [0, 0.1) is 28.1 Å². The van der Waals surface area contributed by atoms with Crippen LogP contribution in [0.15, 0.2) is 6.33 Å². The molecule has 1 rings (SSSR count). The average molecular weight is 313 g/mol. The Balaban J connectivity index is 2.94. The first-order valence-corrected chi connectivity index (χ1v) is 6.87. The number of nitriles is 2. The molecule has 0 saturated carbocycles. The topological polar surface area (TPSA) is 78.3 Å². The van der Waals surface area contributed by atoms with Gasteiger partial charge in [-0.2, -0.15) is 28.8 Å². The molecule has 0 bridgehead atoms. The first-order valence-electron chi connectivity index (χ1n) is 6.87. The summed E-state index contributed by atoms with van der Waals surface area (Å²) >= 11 is 0. The SMILES string of the molecule is CCC(C)(C)c1ncn(CC(C#N)(C#N)CCC(F)(F)F)n1. The highest BCUT2D eigenvalue weighted by Gasteiger charge is 2.38. The fourth-order valence-electron chi connectivity index (χ4n) is 1.76. The summed E-state index contributed by atoms with van der Waals surface area (Å²) in [5, 5.41) is 22.5. The van der Waals surface area contributed by atoms with Crippen molar-refractivity contribution in [2.45, 2.75) is 58.2 Å². The minimum Gasteiger partial charge on any atom is -0.250 e. The molecule has 0 aliphatic carbocycles. The van der Waals surface area contributed by atoms with Gasteiger partial charge in [0.1, 0.15) is 6.33 Å². The molecule has 0 atom stereocenters. The molecule has 0 aliphatic heterocycles. The highest BCUT2D eigenvalue weighted by Crippen LogP contribution is 2.32. The zero-order chi connectivity index (χ0) is 17.0. The summed E-state index contributed by atoms with van der Waals surface area (Å²) in [7, 11) is 0. The van der Waals surface area contributed by atoms with E-state index in [-0.39, 0.29) is 12.0 Å². The lowest BCUT2D eigenvalue weighted by Gasteiger charge is -2.20. The predicted octanol–water partition coefficient (Wildman–Crippen LogP) is 3.34. The third kappa shape index (κ3) is 4.45. The predicted molar refractivity (Wildman–Crippen MR) is 72.3 cm³/mol. The van der Waals surface area contributed by atoms with E-state index < -0.39 is 24.4 Å². The summed E-state index contributed by atoms with van der Waals surface area (Å²) in [6, 6.07) is 3.40. The molecule has 0 aliphatic rings. The van der Waals surface area contributed by atoms with E-state index in [9.17, 15) is 13.2 Å². The highest BCUT2D eigenvalue weighted by atomic mass is 19.4. The largest absolute Gasteiger partial charge is 0.389 e. The first-order chi connectivity index (χ1) is 10.1. The number of rotatable bonds is 6. The number of hydrogen-bond donors (Lipinski definition) is 0. The summed E-state index contributed by atoms with van der Waals surface area (Å²) in [6.45, 7) is 5.62. The molecule has 0 aromatic carbocycles. The van der Waals surface area contributed by atoms with Crippen LogP contribution in [0.5, 0.6) is 0 Å². The molecule has 0 spiro atoms. The van der Waals surface area contributed by atoms with Crippen LogP contribution in [-0.4, -0.2) is 20.9 Å². The Morgan fingerprint density at radius 1 is 1.18 bits per heavy atom. The molecule has 120 valence electrons. The third-order valence-electron chi connectivity index (χ3n) is 3.72. The summed E-state index contributed by atoms with van der Waals surface area (Å²) < 4.78 is 38.3. The summed E-state index contributed by atoms with van der Waals surface area (Å²) in [4.78, 5) is 4.13. The molecule has 8 heteroatoms. The van der Waals surface area contributed by atoms with Gasteiger partial charge in [-0.15, -0.1) is 0 Å². The zero-order valence-electron chi connectivity index (χ0n) is 12.8. The van der Waals surface area contributed by atoms with Crippen molar-refractivity contribution in [1.29, 1.82) is 10.5 Å². The summed E-state index contributed by atoms with van der Waals surface area (Å²) in [5.74, 6) is 0.538. The van der Waals surface area contributed by atoms with Crippen molar-refractivity contribution >= 4 is 0 Å². The normalized spacial score (nSPS) is 12.7. The molecule has 22 heavy (non-hydrogen) atoms. The number of nitrogens with zero attached hydrogens (tertiary/aromatic N) is 5. The van der Waals surface area contributed by atoms with E-state index in [0.29, 0.717) is 5.82 Å². The minimum absolute atomic E-state index is 0.233. The molecule has 5 nitrogen and oxygen atoms in total. The van der Waals surface area contributed by atoms with Gasteiger partial charge in [0.25, 0.3) is 0 Å². The van der Waals surface area contributed by atoms with Crippen LogP contribution in [0.25, 0.3) is 0 Å². The maximum Gasteiger partial charge on any atom is 0.389 e. The van der Waals surface area contributed by atoms with Gasteiger partial charge in [0.2, 0.25) is 0 Å². The Morgan fingerprint density at radius 3 is 2.23 bits per heavy atom. The molecule has 0 radical (unpaired) electrons. The standard InChI is InChI=1S/C14H18F3N5/c1-4-12(2,3)11-20-10-22(21-11)9-13(7-18,8-19)5-6-14(15,16)17/h10H,4-6,9H2,1-3H3. The second-order valence-corrected chi connectivity index (χ2v) is 5.92. The van der Waals surface area contributed by atoms with E-state index in [0.717, 1.165) is 6.42 Å². The summed E-state index contributed by atoms with van der Waals surface area (Å²) in [6.07, 6.45) is -4.04. The van der Waals surface area contributed by atoms with Crippen LogP contribution in [0.4, 0.5) is 13.2 Å². The summed E-state index contributed by atoms with van der Waals surface area (Å²) in [5.41, 5.74) is -2.05. The van der Waals surface area contributed by atoms with Crippen molar-refractivity contribution in [2.75, 3.05) is 0 Å². The second kappa shape index (κ2) is 6.35. The minimum atomic E-state index is -4.41. The van der Waals surface area contributed by atoms with Crippen molar-refractivity contribution < 1.29 is 13.2 Å². The van der Waals surface area contributed by atoms with Crippen LogP contribution in [-0.2, 0) is 12.0 Å². The van der Waals surface area contributed by atoms with Crippen LogP contribution < -0.4 is 0 Å². The third-order valence-corrected chi connectivity index (χ3v) is 3.72.